The molecule has 3 aromatic carbocycles. The van der Waals surface area contributed by atoms with Gasteiger partial charge in [-0.3, -0.25) is 0 Å². The Labute approximate surface area is 238 Å². The summed E-state index contributed by atoms with van der Waals surface area (Å²) in [6.45, 7) is 1.96. The molecule has 0 N–H and O–H groups in total. The van der Waals surface area contributed by atoms with Gasteiger partial charge in [0, 0.05) is 39.7 Å². The van der Waals surface area contributed by atoms with Gasteiger partial charge in [-0.15, -0.1) is 6.42 Å². The highest BCUT2D eigenvalue weighted by atomic mass is 19.2. The zero-order valence-electron chi connectivity index (χ0n) is 23.2. The van der Waals surface area contributed by atoms with Crippen molar-refractivity contribution in [3.63, 3.8) is 0 Å². The van der Waals surface area contributed by atoms with Crippen molar-refractivity contribution in [2.75, 3.05) is 0 Å². The molecule has 5 aromatic rings. The van der Waals surface area contributed by atoms with Gasteiger partial charge in [0.15, 0.2) is 11.4 Å². The standard InChI is InChI=1S/C35H28BF2N3/c1-5-19-39-31-14-10-9-13-29(31)30-22-26(16-18-32(30)39)15-17-28-21-24(3)35-33(27-11-7-6-8-12-27)34-23(2)20-25(4)40(34)36(37,38)41(28)35/h1,6-18,20-22H,19H2,2-4H3/b17-15+. The van der Waals surface area contributed by atoms with Crippen molar-refractivity contribution in [2.24, 2.45) is 0 Å². The zero-order chi connectivity index (χ0) is 28.5. The zero-order valence-corrected chi connectivity index (χ0v) is 23.2. The highest BCUT2D eigenvalue weighted by Crippen LogP contribution is 2.44. The molecule has 0 radical (unpaired) electrons. The van der Waals surface area contributed by atoms with Crippen molar-refractivity contribution in [1.29, 1.82) is 0 Å². The first-order chi connectivity index (χ1) is 19.8. The van der Waals surface area contributed by atoms with E-state index in [1.807, 2.05) is 86.7 Å². The lowest BCUT2D eigenvalue weighted by molar-refractivity contribution is -0.362. The van der Waals surface area contributed by atoms with E-state index in [1.165, 1.54) is 8.96 Å². The van der Waals surface area contributed by atoms with Crippen molar-refractivity contribution in [3.05, 3.63) is 130 Å². The molecule has 2 aliphatic rings. The molecule has 0 fully saturated rings. The van der Waals surface area contributed by atoms with E-state index in [9.17, 15) is 0 Å². The summed E-state index contributed by atoms with van der Waals surface area (Å²) < 4.78 is 37.7. The summed E-state index contributed by atoms with van der Waals surface area (Å²) in [6, 6.07) is 26.1. The summed E-state index contributed by atoms with van der Waals surface area (Å²) in [7, 11) is 0. The molecule has 0 unspecified atom stereocenters. The molecule has 7 rings (SSSR count). The van der Waals surface area contributed by atoms with E-state index < -0.39 is 6.97 Å². The number of rotatable bonds is 4. The molecular weight excluding hydrogens is 511 g/mol. The Hall–Kier alpha value is -4.89. The van der Waals surface area contributed by atoms with E-state index in [2.05, 4.69) is 34.8 Å². The largest absolute Gasteiger partial charge is 0.737 e. The third-order valence-electron chi connectivity index (χ3n) is 8.33. The smallest absolute Gasteiger partial charge is 0.393 e. The minimum atomic E-state index is -4.11. The van der Waals surface area contributed by atoms with Gasteiger partial charge in [-0.2, -0.15) is 0 Å². The summed E-state index contributed by atoms with van der Waals surface area (Å²) in [5, 5.41) is 2.20. The maximum Gasteiger partial charge on any atom is 0.737 e. The average molecular weight is 539 g/mol. The third-order valence-corrected chi connectivity index (χ3v) is 8.33. The Balaban J connectivity index is 1.42. The topological polar surface area (TPSA) is 12.9 Å². The SMILES string of the molecule is C#CCn1c2ccccc2c2cc(/C=C/C3=[N+]4C(=C(c5ccccc5)c5c(C)cc(C)n5[B-]4(F)F)C(C)=C3)ccc21. The van der Waals surface area contributed by atoms with Crippen LogP contribution >= 0.6 is 0 Å². The molecule has 0 atom stereocenters. The van der Waals surface area contributed by atoms with E-state index in [1.54, 1.807) is 6.92 Å². The number of benzene rings is 3. The molecule has 6 heteroatoms. The van der Waals surface area contributed by atoms with E-state index in [0.29, 0.717) is 29.3 Å². The molecule has 0 amide bonds. The Bertz CT molecular complexity index is 2080. The molecule has 4 heterocycles. The average Bonchev–Trinajstić information content (AvgIpc) is 3.58. The number of halogens is 2. The maximum absolute atomic E-state index is 16.5. The minimum Gasteiger partial charge on any atom is -0.393 e. The van der Waals surface area contributed by atoms with Crippen molar-refractivity contribution in [1.82, 2.24) is 9.05 Å². The molecule has 2 aromatic heterocycles. The van der Waals surface area contributed by atoms with Gasteiger partial charge in [-0.1, -0.05) is 60.5 Å². The highest BCUT2D eigenvalue weighted by Gasteiger charge is 2.55. The fourth-order valence-electron chi connectivity index (χ4n) is 6.72. The summed E-state index contributed by atoms with van der Waals surface area (Å²) in [5.74, 6) is 2.76. The Morgan fingerprint density at radius 3 is 2.39 bits per heavy atom. The predicted molar refractivity (Wildman–Crippen MR) is 166 cm³/mol. The molecule has 2 aliphatic heterocycles. The quantitative estimate of drug-likeness (QED) is 0.162. The molecule has 0 saturated heterocycles. The second-order valence-electron chi connectivity index (χ2n) is 10.9. The summed E-state index contributed by atoms with van der Waals surface area (Å²) >= 11 is 0. The van der Waals surface area contributed by atoms with Gasteiger partial charge in [-0.25, -0.2) is 0 Å². The molecule has 200 valence electrons. The second kappa shape index (κ2) is 9.07. The number of terminal acetylenes is 1. The monoisotopic (exact) mass is 539 g/mol. The number of hydrogen-bond donors (Lipinski definition) is 0. The molecular formula is C35H28BF2N3. The fraction of sp³-hybridized carbons (Fsp3) is 0.114. The number of nitrogens with zero attached hydrogens (tertiary/aromatic N) is 3. The molecule has 3 nitrogen and oxygen atoms in total. The third kappa shape index (κ3) is 3.62. The molecule has 0 spiro atoms. The molecule has 0 saturated carbocycles. The van der Waals surface area contributed by atoms with Crippen LogP contribution in [-0.4, -0.2) is 26.2 Å². The van der Waals surface area contributed by atoms with Gasteiger partial charge in [-0.05, 0) is 73.5 Å². The van der Waals surface area contributed by atoms with Crippen LogP contribution in [0.25, 0.3) is 33.5 Å². The van der Waals surface area contributed by atoms with Gasteiger partial charge in [0.2, 0.25) is 0 Å². The number of aromatic nitrogens is 2. The van der Waals surface area contributed by atoms with Gasteiger partial charge < -0.3 is 22.2 Å². The minimum absolute atomic E-state index is 0.474. The van der Waals surface area contributed by atoms with Crippen LogP contribution in [0.2, 0.25) is 0 Å². The number of aryl methyl sites for hydroxylation is 2. The van der Waals surface area contributed by atoms with Crippen molar-refractivity contribution in [3.8, 4) is 12.3 Å². The molecule has 0 aliphatic carbocycles. The number of fused-ring (bicyclic) bond motifs is 5. The van der Waals surface area contributed by atoms with Crippen LogP contribution < -0.4 is 0 Å². The van der Waals surface area contributed by atoms with E-state index in [-0.39, 0.29) is 0 Å². The number of hydrogen-bond acceptors (Lipinski definition) is 0. The first kappa shape index (κ1) is 25.1. The highest BCUT2D eigenvalue weighted by molar-refractivity contribution is 6.58. The van der Waals surface area contributed by atoms with Gasteiger partial charge in [0.1, 0.15) is 0 Å². The van der Waals surface area contributed by atoms with Crippen LogP contribution in [0.1, 0.15) is 35.0 Å². The Morgan fingerprint density at radius 1 is 0.878 bits per heavy atom. The van der Waals surface area contributed by atoms with E-state index in [4.69, 9.17) is 6.42 Å². The van der Waals surface area contributed by atoms with Crippen LogP contribution in [0.4, 0.5) is 8.63 Å². The van der Waals surface area contributed by atoms with Gasteiger partial charge in [0.25, 0.3) is 0 Å². The molecule has 41 heavy (non-hydrogen) atoms. The summed E-state index contributed by atoms with van der Waals surface area (Å²) in [4.78, 5) is 0. The summed E-state index contributed by atoms with van der Waals surface area (Å²) in [5.41, 5.74) is 8.70. The Kier molecular flexibility index (Phi) is 5.56. The first-order valence-electron chi connectivity index (χ1n) is 13.8. The predicted octanol–water partition coefficient (Wildman–Crippen LogP) is 7.97. The fourth-order valence-corrected chi connectivity index (χ4v) is 6.72. The van der Waals surface area contributed by atoms with Gasteiger partial charge >= 0.3 is 6.97 Å². The lowest BCUT2D eigenvalue weighted by atomic mass is 9.84. The van der Waals surface area contributed by atoms with E-state index in [0.717, 1.165) is 49.6 Å². The van der Waals surface area contributed by atoms with Crippen LogP contribution in [0.3, 0.4) is 0 Å². The normalized spacial score (nSPS) is 16.0. The lowest BCUT2D eigenvalue weighted by Crippen LogP contribution is -2.51. The lowest BCUT2D eigenvalue weighted by Gasteiger charge is -2.34. The maximum atomic E-state index is 16.5. The van der Waals surface area contributed by atoms with Gasteiger partial charge in [0.05, 0.1) is 17.6 Å². The molecule has 0 bridgehead atoms. The Morgan fingerprint density at radius 2 is 1.61 bits per heavy atom. The summed E-state index contributed by atoms with van der Waals surface area (Å²) in [6.07, 6.45) is 11.3. The van der Waals surface area contributed by atoms with Crippen LogP contribution in [0.15, 0.2) is 102 Å². The van der Waals surface area contributed by atoms with Crippen LogP contribution in [0.5, 0.6) is 0 Å². The number of para-hydroxylation sites is 1. The second-order valence-corrected chi connectivity index (χ2v) is 10.9. The van der Waals surface area contributed by atoms with Crippen LogP contribution in [-0.2, 0) is 6.54 Å². The van der Waals surface area contributed by atoms with Crippen molar-refractivity contribution >= 4 is 46.1 Å². The van der Waals surface area contributed by atoms with Crippen molar-refractivity contribution in [2.45, 2.75) is 27.3 Å². The van der Waals surface area contributed by atoms with Crippen molar-refractivity contribution < 1.29 is 13.1 Å². The first-order valence-corrected chi connectivity index (χ1v) is 13.8. The number of allylic oxidation sites excluding steroid dienone is 3. The van der Waals surface area contributed by atoms with E-state index >= 15 is 8.63 Å². The van der Waals surface area contributed by atoms with Crippen LogP contribution in [0, 0.1) is 26.2 Å².